The fourth-order valence-electron chi connectivity index (χ4n) is 10.5. The van der Waals surface area contributed by atoms with Gasteiger partial charge in [-0.05, 0) is 105 Å². The summed E-state index contributed by atoms with van der Waals surface area (Å²) in [5.74, 6) is -1.45. The first kappa shape index (κ1) is 61.5. The number of nitrogens with one attached hydrogen (secondary N) is 4. The molecule has 4 aliphatic heterocycles. The second-order valence-corrected chi connectivity index (χ2v) is 21.0. The van der Waals surface area contributed by atoms with Crippen molar-refractivity contribution in [1.82, 2.24) is 20.4 Å². The highest BCUT2D eigenvalue weighted by Crippen LogP contribution is 2.43. The fraction of sp³-hybridized carbons (Fsp3) is 0.450. The van der Waals surface area contributed by atoms with Crippen molar-refractivity contribution >= 4 is 59.0 Å². The van der Waals surface area contributed by atoms with E-state index in [0.717, 1.165) is 17.7 Å². The van der Waals surface area contributed by atoms with E-state index in [1.165, 1.54) is 51.5 Å². The zero-order chi connectivity index (χ0) is 60.0. The molecule has 24 nitrogen and oxygen atoms in total. The van der Waals surface area contributed by atoms with Crippen molar-refractivity contribution in [2.45, 2.75) is 122 Å². The largest absolute Gasteiger partial charge is 0.493 e. The zero-order valence-corrected chi connectivity index (χ0v) is 47.7. The predicted molar refractivity (Wildman–Crippen MR) is 305 cm³/mol. The number of carbonyl (C=O) groups is 7. The van der Waals surface area contributed by atoms with Gasteiger partial charge in [-0.1, -0.05) is 56.8 Å². The summed E-state index contributed by atoms with van der Waals surface area (Å²) in [6, 6.07) is 16.7. The lowest BCUT2D eigenvalue weighted by Crippen LogP contribution is -2.53. The number of benzene rings is 4. The molecule has 450 valence electrons. The Morgan fingerprint density at radius 2 is 1.45 bits per heavy atom. The van der Waals surface area contributed by atoms with Crippen molar-refractivity contribution in [3.8, 4) is 23.0 Å². The Morgan fingerprint density at radius 3 is 2.11 bits per heavy atom. The summed E-state index contributed by atoms with van der Waals surface area (Å²) in [4.78, 5) is 97.6. The predicted octanol–water partition coefficient (Wildman–Crippen LogP) is 7.56. The van der Waals surface area contributed by atoms with Crippen molar-refractivity contribution in [3.05, 3.63) is 113 Å². The van der Waals surface area contributed by atoms with Gasteiger partial charge in [-0.15, -0.1) is 0 Å². The minimum Gasteiger partial charge on any atom is -0.493 e. The van der Waals surface area contributed by atoms with E-state index < -0.39 is 72.7 Å². The van der Waals surface area contributed by atoms with Crippen LogP contribution in [0.3, 0.4) is 0 Å². The number of likely N-dealkylation sites (tertiary alicyclic amines) is 1. The number of amides is 7. The molecule has 0 spiro atoms. The summed E-state index contributed by atoms with van der Waals surface area (Å²) < 4.78 is 46.9. The van der Waals surface area contributed by atoms with Crippen molar-refractivity contribution in [2.24, 2.45) is 5.92 Å². The number of methoxy groups -OCH3 is 2. The summed E-state index contributed by atoms with van der Waals surface area (Å²) in [7, 11) is 2.85. The Morgan fingerprint density at radius 1 is 0.750 bits per heavy atom. The number of fused-ring (bicyclic) bond motifs is 2. The van der Waals surface area contributed by atoms with Gasteiger partial charge in [0.15, 0.2) is 35.5 Å². The highest BCUT2D eigenvalue weighted by molar-refractivity contribution is 6.06. The van der Waals surface area contributed by atoms with Crippen LogP contribution in [0.1, 0.15) is 103 Å². The van der Waals surface area contributed by atoms with Crippen LogP contribution in [0.4, 0.5) is 31.4 Å². The molecule has 3 saturated heterocycles. The highest BCUT2D eigenvalue weighted by atomic mass is 16.7. The number of aliphatic hydroxyl groups excluding tert-OH is 1. The van der Waals surface area contributed by atoms with E-state index in [1.807, 2.05) is 18.2 Å². The van der Waals surface area contributed by atoms with E-state index >= 15 is 0 Å². The average molecular weight is 1160 g/mol. The molecule has 0 radical (unpaired) electrons. The molecule has 84 heavy (non-hydrogen) atoms. The molecule has 4 aromatic rings. The normalized spacial score (nSPS) is 18.9. The molecular formula is C60H73N7O17. The van der Waals surface area contributed by atoms with E-state index in [2.05, 4.69) is 27.8 Å². The number of hydrogen-bond acceptors (Lipinski definition) is 16. The summed E-state index contributed by atoms with van der Waals surface area (Å²) in [5, 5.41) is 31.4. The van der Waals surface area contributed by atoms with Crippen LogP contribution < -0.4 is 45.1 Å². The zero-order valence-electron chi connectivity index (χ0n) is 47.7. The minimum atomic E-state index is -1.30. The van der Waals surface area contributed by atoms with Gasteiger partial charge in [0.25, 0.3) is 11.8 Å². The van der Waals surface area contributed by atoms with E-state index in [9.17, 15) is 43.8 Å². The lowest BCUT2D eigenvalue weighted by molar-refractivity contribution is -0.195. The Bertz CT molecular complexity index is 3040. The molecular weight excluding hydrogens is 1090 g/mol. The van der Waals surface area contributed by atoms with Crippen LogP contribution in [0.2, 0.25) is 0 Å². The van der Waals surface area contributed by atoms with Gasteiger partial charge in [0.1, 0.15) is 38.5 Å². The Hall–Kier alpha value is -8.61. The number of anilines is 3. The van der Waals surface area contributed by atoms with Gasteiger partial charge >= 0.3 is 18.3 Å². The number of nitrogens with zero attached hydrogens (tertiary/aromatic N) is 3. The van der Waals surface area contributed by atoms with Crippen molar-refractivity contribution in [1.29, 1.82) is 0 Å². The maximum absolute atomic E-state index is 14.2. The lowest BCUT2D eigenvalue weighted by Gasteiger charge is -2.37. The number of rotatable bonds is 23. The van der Waals surface area contributed by atoms with Crippen molar-refractivity contribution in [3.63, 3.8) is 0 Å². The molecule has 1 unspecified atom stereocenters. The number of aliphatic hydroxyl groups is 1. The van der Waals surface area contributed by atoms with Crippen LogP contribution in [0.5, 0.6) is 23.0 Å². The number of ether oxygens (including phenoxy) is 8. The smallest absolute Gasteiger partial charge is 0.414 e. The maximum Gasteiger partial charge on any atom is 0.414 e. The summed E-state index contributed by atoms with van der Waals surface area (Å²) in [5.41, 5.74) is 2.68. The van der Waals surface area contributed by atoms with Gasteiger partial charge in [0.2, 0.25) is 11.8 Å². The van der Waals surface area contributed by atoms with Crippen LogP contribution in [-0.4, -0.2) is 146 Å². The molecule has 0 bridgehead atoms. The molecule has 4 aromatic carbocycles. The van der Waals surface area contributed by atoms with E-state index in [0.29, 0.717) is 74.2 Å². The van der Waals surface area contributed by atoms with E-state index in [-0.39, 0.29) is 90.4 Å². The topological polar surface area (TPSA) is 292 Å². The molecule has 0 aromatic heterocycles. The molecule has 4 aliphatic rings. The third-order valence-electron chi connectivity index (χ3n) is 14.8. The Kier molecular flexibility index (Phi) is 20.9. The van der Waals surface area contributed by atoms with Crippen molar-refractivity contribution < 1.29 is 81.7 Å². The van der Waals surface area contributed by atoms with Crippen LogP contribution in [-0.2, 0) is 48.4 Å². The van der Waals surface area contributed by atoms with E-state index in [1.54, 1.807) is 54.0 Å². The third-order valence-corrected chi connectivity index (χ3v) is 14.8. The van der Waals surface area contributed by atoms with Gasteiger partial charge in [-0.2, -0.15) is 0 Å². The first-order valence-corrected chi connectivity index (χ1v) is 28.0. The molecule has 6 N–H and O–H groups in total. The maximum atomic E-state index is 14.2. The lowest BCUT2D eigenvalue weighted by atomic mass is 10.0. The van der Waals surface area contributed by atoms with Crippen LogP contribution in [0, 0.1) is 5.92 Å². The molecule has 4 heterocycles. The summed E-state index contributed by atoms with van der Waals surface area (Å²) >= 11 is 0. The standard InChI is InChI=1S/C60H73N7O17/c1-7-24-80-59(74)64-52(35(2)3)54(70)61-36(4)53(69)62-40-20-18-37(19-21-40)32-83-58(73)63-44-29-49(47(77-5)27-42(44)55(71)65-22-11-15-41(65)31-68)81-33-38-13-10-14-39(26-38)34-82-50-30-46-43(28-48(50)78-6)56(72)66-23-12-16-45(66)57(67(46)60(75)76)84-51-17-8-9-25-79-51/h7,10,13-14,18-21,26-30,35-36,41,45,51-52,57,68H,1,8-9,11-12,15-17,22-25,31-34H2,2-6H3,(H,61,70)(H,62,69)(H,63,73)(H,64,74)(H,75,76)/t36-,41-,45-,51?,52-,57-/m0/s1. The molecule has 6 atom stereocenters. The van der Waals surface area contributed by atoms with Gasteiger partial charge in [0.05, 0.1) is 55.4 Å². The first-order chi connectivity index (χ1) is 40.5. The minimum absolute atomic E-state index is 0.00549. The van der Waals surface area contributed by atoms with E-state index in [4.69, 9.17) is 37.9 Å². The second kappa shape index (κ2) is 28.6. The Labute approximate surface area is 486 Å². The number of hydrogen-bond donors (Lipinski definition) is 6. The van der Waals surface area contributed by atoms with Crippen molar-refractivity contribution in [2.75, 3.05) is 62.7 Å². The fourth-order valence-corrected chi connectivity index (χ4v) is 10.5. The van der Waals surface area contributed by atoms with Gasteiger partial charge in [0, 0.05) is 37.5 Å². The number of carbonyl (C=O) groups excluding carboxylic acids is 6. The molecule has 0 aliphatic carbocycles. The number of alkyl carbamates (subject to hydrolysis) is 1. The van der Waals surface area contributed by atoms with Gasteiger partial charge < -0.3 is 73.9 Å². The van der Waals surface area contributed by atoms with Gasteiger partial charge in [-0.3, -0.25) is 24.5 Å². The average Bonchev–Trinajstić information content (AvgIpc) is 3.81. The SMILES string of the molecule is C=CCOC(=O)N[C@H](C(=O)N[C@@H](C)C(=O)Nc1ccc(COC(=O)Nc2cc(OCc3cccc(COc4cc5c(cc4OC)C(=O)N4CCC[C@H]4[C@H](OC4CCCCO4)N5C(=O)O)c3)c(OC)cc2C(=O)N2CCC[C@H]2CO)cc1)C(C)C. The highest BCUT2D eigenvalue weighted by Gasteiger charge is 2.47. The second-order valence-electron chi connectivity index (χ2n) is 21.0. The molecule has 3 fully saturated rings. The molecule has 0 saturated carbocycles. The first-order valence-electron chi connectivity index (χ1n) is 28.0. The summed E-state index contributed by atoms with van der Waals surface area (Å²) in [6.07, 6.45) is 1.57. The number of carboxylic acid groups (broad SMARTS) is 1. The van der Waals surface area contributed by atoms with Crippen LogP contribution in [0.25, 0.3) is 0 Å². The van der Waals surface area contributed by atoms with Crippen LogP contribution >= 0.6 is 0 Å². The third kappa shape index (κ3) is 14.9. The Balaban J connectivity index is 0.931. The van der Waals surface area contributed by atoms with Crippen LogP contribution in [0.15, 0.2) is 85.5 Å². The van der Waals surface area contributed by atoms with Gasteiger partial charge in [-0.25, -0.2) is 19.3 Å². The monoisotopic (exact) mass is 1160 g/mol. The summed E-state index contributed by atoms with van der Waals surface area (Å²) in [6.45, 7) is 9.25. The molecule has 24 heteroatoms. The molecule has 7 amide bonds. The molecule has 8 rings (SSSR count). The quantitative estimate of drug-likeness (QED) is 0.0391.